The maximum atomic E-state index is 12.9. The summed E-state index contributed by atoms with van der Waals surface area (Å²) in [5, 5.41) is 0. The van der Waals surface area contributed by atoms with Crippen LogP contribution in [0.4, 0.5) is 0 Å². The summed E-state index contributed by atoms with van der Waals surface area (Å²) >= 11 is 0. The zero-order valence-electron chi connectivity index (χ0n) is 54.0. The van der Waals surface area contributed by atoms with Gasteiger partial charge in [0, 0.05) is 19.3 Å². The van der Waals surface area contributed by atoms with E-state index in [1.807, 2.05) is 0 Å². The Labute approximate surface area is 508 Å². The molecule has 0 aromatic rings. The Hall–Kier alpha value is -3.93. The van der Waals surface area contributed by atoms with Crippen LogP contribution in [0, 0.1) is 0 Å². The van der Waals surface area contributed by atoms with Crippen molar-refractivity contribution >= 4 is 17.9 Å². The monoisotopic (exact) mass is 1140 g/mol. The molecule has 1 unspecified atom stereocenters. The number of unbranched alkanes of at least 4 members (excludes halogenated alkanes) is 34. The summed E-state index contributed by atoms with van der Waals surface area (Å²) in [7, 11) is 0. The summed E-state index contributed by atoms with van der Waals surface area (Å²) in [6.07, 6.45) is 95.4. The molecule has 6 heteroatoms. The average molecular weight is 1140 g/mol. The van der Waals surface area contributed by atoms with Crippen molar-refractivity contribution in [1.29, 1.82) is 0 Å². The minimum absolute atomic E-state index is 0.0764. The normalized spacial score (nSPS) is 12.8. The Balaban J connectivity index is 4.25. The van der Waals surface area contributed by atoms with Crippen LogP contribution in [0.2, 0.25) is 0 Å². The van der Waals surface area contributed by atoms with Crippen molar-refractivity contribution in [2.45, 2.75) is 341 Å². The summed E-state index contributed by atoms with van der Waals surface area (Å²) in [6, 6.07) is 0. The van der Waals surface area contributed by atoms with Gasteiger partial charge in [0.1, 0.15) is 13.2 Å². The van der Waals surface area contributed by atoms with Crippen LogP contribution < -0.4 is 0 Å². The maximum Gasteiger partial charge on any atom is 0.306 e. The Bertz CT molecular complexity index is 1640. The molecule has 0 aromatic carbocycles. The fourth-order valence-corrected chi connectivity index (χ4v) is 9.88. The standard InChI is InChI=1S/C76H130O6/c1-4-7-10-13-16-19-22-25-27-29-31-33-35-36-37-38-39-40-42-43-45-47-49-51-54-57-60-63-66-69-75(78)81-72-73(71-80-74(77)68-65-62-59-56-53-24-21-18-15-12-9-6-3)82-76(79)70-67-64-61-58-55-52-50-48-46-44-41-34-32-30-28-26-23-20-17-14-11-8-5-2/h7-8,10-11,16-17,19-20,25-28,31-34,36-37,73H,4-6,9,12-15,18,21-24,29-30,35,38-72H2,1-3H3/b10-7-,11-8-,19-16-,20-17-,27-25-,28-26-,33-31-,34-32-,37-36-. The van der Waals surface area contributed by atoms with E-state index in [4.69, 9.17) is 14.2 Å². The molecule has 0 saturated heterocycles. The van der Waals surface area contributed by atoms with E-state index in [1.54, 1.807) is 0 Å². The van der Waals surface area contributed by atoms with Crippen molar-refractivity contribution in [2.75, 3.05) is 13.2 Å². The molecule has 0 heterocycles. The lowest BCUT2D eigenvalue weighted by Gasteiger charge is -2.18. The van der Waals surface area contributed by atoms with Crippen LogP contribution in [0.25, 0.3) is 0 Å². The summed E-state index contributed by atoms with van der Waals surface area (Å²) in [6.45, 7) is 6.44. The van der Waals surface area contributed by atoms with Gasteiger partial charge in [-0.3, -0.25) is 14.4 Å². The van der Waals surface area contributed by atoms with Gasteiger partial charge in [0.25, 0.3) is 0 Å². The predicted molar refractivity (Wildman–Crippen MR) is 357 cm³/mol. The minimum atomic E-state index is -0.781. The van der Waals surface area contributed by atoms with Crippen molar-refractivity contribution in [3.05, 3.63) is 109 Å². The van der Waals surface area contributed by atoms with Gasteiger partial charge in [0.2, 0.25) is 0 Å². The van der Waals surface area contributed by atoms with Crippen LogP contribution in [0.15, 0.2) is 109 Å². The van der Waals surface area contributed by atoms with E-state index in [1.165, 1.54) is 180 Å². The Morgan fingerprint density at radius 1 is 0.256 bits per heavy atom. The first kappa shape index (κ1) is 78.1. The average Bonchev–Trinajstić information content (AvgIpc) is 3.47. The van der Waals surface area contributed by atoms with Crippen LogP contribution in [-0.2, 0) is 28.6 Å². The third kappa shape index (κ3) is 66.9. The molecule has 0 aromatic heterocycles. The molecule has 0 fully saturated rings. The topological polar surface area (TPSA) is 78.9 Å². The van der Waals surface area contributed by atoms with Gasteiger partial charge in [0.05, 0.1) is 0 Å². The zero-order valence-corrected chi connectivity index (χ0v) is 54.0. The quantitative estimate of drug-likeness (QED) is 0.0261. The molecular weight excluding hydrogens is 1010 g/mol. The molecule has 0 saturated carbocycles. The summed E-state index contributed by atoms with van der Waals surface area (Å²) in [5.74, 6) is -0.868. The lowest BCUT2D eigenvalue weighted by molar-refractivity contribution is -0.167. The summed E-state index contributed by atoms with van der Waals surface area (Å²) < 4.78 is 17.0. The summed E-state index contributed by atoms with van der Waals surface area (Å²) in [5.41, 5.74) is 0. The molecule has 470 valence electrons. The molecule has 0 spiro atoms. The predicted octanol–water partition coefficient (Wildman–Crippen LogP) is 24.2. The number of carbonyl (C=O) groups excluding carboxylic acids is 3. The maximum absolute atomic E-state index is 12.9. The number of rotatable bonds is 63. The van der Waals surface area contributed by atoms with Gasteiger partial charge in [-0.25, -0.2) is 0 Å². The largest absolute Gasteiger partial charge is 0.462 e. The molecule has 0 N–H and O–H groups in total. The number of esters is 3. The first-order valence-electron chi connectivity index (χ1n) is 34.9. The van der Waals surface area contributed by atoms with E-state index >= 15 is 0 Å². The second kappa shape index (κ2) is 69.6. The van der Waals surface area contributed by atoms with Gasteiger partial charge in [-0.05, 0) is 103 Å². The number of allylic oxidation sites excluding steroid dienone is 18. The molecule has 0 radical (unpaired) electrons. The lowest BCUT2D eigenvalue weighted by Crippen LogP contribution is -2.30. The van der Waals surface area contributed by atoms with Gasteiger partial charge in [-0.2, -0.15) is 0 Å². The fraction of sp³-hybridized carbons (Fsp3) is 0.724. The van der Waals surface area contributed by atoms with E-state index in [0.717, 1.165) is 116 Å². The first-order chi connectivity index (χ1) is 40.5. The highest BCUT2D eigenvalue weighted by molar-refractivity contribution is 5.71. The van der Waals surface area contributed by atoms with Crippen molar-refractivity contribution in [3.8, 4) is 0 Å². The molecule has 1 atom stereocenters. The Kier molecular flexibility index (Phi) is 66.2. The van der Waals surface area contributed by atoms with Crippen LogP contribution >= 0.6 is 0 Å². The SMILES string of the molecule is CC/C=C\C/C=C\C/C=C\C/C=C\C/C=C\CCCCCCCCCCCCCCCC(=O)OCC(COC(=O)CCCCCCCCCCCCCC)OC(=O)CCCCCCCCCCCC/C=C\C/C=C\C/C=C\C/C=C\CC. The van der Waals surface area contributed by atoms with Gasteiger partial charge in [-0.15, -0.1) is 0 Å². The highest BCUT2D eigenvalue weighted by atomic mass is 16.6. The van der Waals surface area contributed by atoms with E-state index in [0.29, 0.717) is 19.3 Å². The summed E-state index contributed by atoms with van der Waals surface area (Å²) in [4.78, 5) is 38.4. The highest BCUT2D eigenvalue weighted by Gasteiger charge is 2.19. The number of hydrogen-bond donors (Lipinski definition) is 0. The molecular formula is C76H130O6. The van der Waals surface area contributed by atoms with Gasteiger partial charge >= 0.3 is 17.9 Å². The number of hydrogen-bond acceptors (Lipinski definition) is 6. The van der Waals surface area contributed by atoms with Crippen LogP contribution in [-0.4, -0.2) is 37.2 Å². The van der Waals surface area contributed by atoms with E-state index in [-0.39, 0.29) is 31.1 Å². The molecule has 0 aliphatic heterocycles. The van der Waals surface area contributed by atoms with Gasteiger partial charge < -0.3 is 14.2 Å². The van der Waals surface area contributed by atoms with E-state index < -0.39 is 6.10 Å². The van der Waals surface area contributed by atoms with Crippen LogP contribution in [0.1, 0.15) is 335 Å². The molecule has 0 aliphatic rings. The van der Waals surface area contributed by atoms with Crippen LogP contribution in [0.5, 0.6) is 0 Å². The lowest BCUT2D eigenvalue weighted by atomic mass is 10.0. The van der Waals surface area contributed by atoms with Crippen molar-refractivity contribution < 1.29 is 28.6 Å². The molecule has 0 rings (SSSR count). The second-order valence-corrected chi connectivity index (χ2v) is 23.0. The van der Waals surface area contributed by atoms with Crippen molar-refractivity contribution in [1.82, 2.24) is 0 Å². The van der Waals surface area contributed by atoms with E-state index in [2.05, 4.69) is 130 Å². The van der Waals surface area contributed by atoms with Crippen molar-refractivity contribution in [2.24, 2.45) is 0 Å². The second-order valence-electron chi connectivity index (χ2n) is 23.0. The zero-order chi connectivity index (χ0) is 59.2. The number of ether oxygens (including phenoxy) is 3. The smallest absolute Gasteiger partial charge is 0.306 e. The fourth-order valence-electron chi connectivity index (χ4n) is 9.88. The Morgan fingerprint density at radius 3 is 0.744 bits per heavy atom. The van der Waals surface area contributed by atoms with E-state index in [9.17, 15) is 14.4 Å². The molecule has 0 amide bonds. The third-order valence-corrected chi connectivity index (χ3v) is 15.0. The van der Waals surface area contributed by atoms with Crippen LogP contribution in [0.3, 0.4) is 0 Å². The molecule has 0 bridgehead atoms. The molecule has 82 heavy (non-hydrogen) atoms. The Morgan fingerprint density at radius 2 is 0.476 bits per heavy atom. The first-order valence-corrected chi connectivity index (χ1v) is 34.9. The van der Waals surface area contributed by atoms with Gasteiger partial charge in [0.15, 0.2) is 6.10 Å². The van der Waals surface area contributed by atoms with Crippen molar-refractivity contribution in [3.63, 3.8) is 0 Å². The highest BCUT2D eigenvalue weighted by Crippen LogP contribution is 2.17. The minimum Gasteiger partial charge on any atom is -0.462 e. The van der Waals surface area contributed by atoms with Gasteiger partial charge in [-0.1, -0.05) is 323 Å². The molecule has 6 nitrogen and oxygen atoms in total. The molecule has 0 aliphatic carbocycles. The number of carbonyl (C=O) groups is 3. The third-order valence-electron chi connectivity index (χ3n) is 15.0.